The van der Waals surface area contributed by atoms with Crippen LogP contribution in [0.15, 0.2) is 48.5 Å². The van der Waals surface area contributed by atoms with Crippen LogP contribution in [-0.4, -0.2) is 25.5 Å². The van der Waals surface area contributed by atoms with E-state index in [0.717, 1.165) is 11.1 Å². The maximum Gasteiger partial charge on any atom is 0.251 e. The Hall–Kier alpha value is -2.66. The molecule has 0 unspecified atom stereocenters. The van der Waals surface area contributed by atoms with Crippen LogP contribution in [0.5, 0.6) is 0 Å². The first kappa shape index (κ1) is 17.7. The molecular formula is C19H22N2O3. The molecule has 5 nitrogen and oxygen atoms in total. The number of methoxy groups -OCH3 is 1. The molecule has 0 atom stereocenters. The monoisotopic (exact) mass is 326 g/mol. The van der Waals surface area contributed by atoms with Gasteiger partial charge in [-0.3, -0.25) is 9.59 Å². The largest absolute Gasteiger partial charge is 0.380 e. The zero-order chi connectivity index (χ0) is 17.4. The van der Waals surface area contributed by atoms with Gasteiger partial charge in [0.25, 0.3) is 11.8 Å². The van der Waals surface area contributed by atoms with Gasteiger partial charge in [-0.1, -0.05) is 24.3 Å². The van der Waals surface area contributed by atoms with Gasteiger partial charge in [0.05, 0.1) is 6.61 Å². The van der Waals surface area contributed by atoms with E-state index in [4.69, 9.17) is 4.74 Å². The number of carbonyl (C=O) groups is 2. The Kier molecular flexibility index (Phi) is 6.51. The zero-order valence-corrected chi connectivity index (χ0v) is 14.0. The third-order valence-electron chi connectivity index (χ3n) is 3.48. The minimum atomic E-state index is -0.156. The van der Waals surface area contributed by atoms with Crippen molar-refractivity contribution in [2.75, 3.05) is 13.7 Å². The summed E-state index contributed by atoms with van der Waals surface area (Å²) in [6.07, 6.45) is 0. The van der Waals surface area contributed by atoms with Crippen LogP contribution in [0.25, 0.3) is 0 Å². The fourth-order valence-corrected chi connectivity index (χ4v) is 2.34. The number of rotatable bonds is 7. The molecule has 0 bridgehead atoms. The van der Waals surface area contributed by atoms with Crippen molar-refractivity contribution in [3.63, 3.8) is 0 Å². The first-order valence-corrected chi connectivity index (χ1v) is 7.87. The number of hydrogen-bond donors (Lipinski definition) is 2. The van der Waals surface area contributed by atoms with Crippen molar-refractivity contribution < 1.29 is 14.3 Å². The summed E-state index contributed by atoms with van der Waals surface area (Å²) in [5.41, 5.74) is 3.00. The third-order valence-corrected chi connectivity index (χ3v) is 3.48. The molecule has 0 saturated heterocycles. The molecule has 2 rings (SSSR count). The summed E-state index contributed by atoms with van der Waals surface area (Å²) in [4.78, 5) is 24.1. The van der Waals surface area contributed by atoms with Crippen LogP contribution in [0.1, 0.15) is 38.8 Å². The maximum absolute atomic E-state index is 12.3. The van der Waals surface area contributed by atoms with Crippen molar-refractivity contribution in [2.24, 2.45) is 0 Å². The standard InChI is InChI=1S/C19H22N2O3/c1-3-20-18(22)16-8-4-6-14(10-16)12-21-19(23)17-9-5-7-15(11-17)13-24-2/h4-11H,3,12-13H2,1-2H3,(H,20,22)(H,21,23). The first-order valence-electron chi connectivity index (χ1n) is 7.87. The molecule has 0 aromatic heterocycles. The number of amides is 2. The quantitative estimate of drug-likeness (QED) is 0.821. The Bertz CT molecular complexity index is 713. The van der Waals surface area contributed by atoms with Gasteiger partial charge in [-0.25, -0.2) is 0 Å². The average Bonchev–Trinajstić information content (AvgIpc) is 2.60. The molecule has 0 spiro atoms. The van der Waals surface area contributed by atoms with Crippen LogP contribution in [0.2, 0.25) is 0 Å². The highest BCUT2D eigenvalue weighted by Crippen LogP contribution is 2.08. The van der Waals surface area contributed by atoms with E-state index in [1.54, 1.807) is 25.3 Å². The van der Waals surface area contributed by atoms with E-state index in [9.17, 15) is 9.59 Å². The van der Waals surface area contributed by atoms with E-state index in [1.165, 1.54) is 0 Å². The molecule has 0 saturated carbocycles. The van der Waals surface area contributed by atoms with Crippen molar-refractivity contribution in [2.45, 2.75) is 20.1 Å². The number of hydrogen-bond acceptors (Lipinski definition) is 3. The predicted octanol–water partition coefficient (Wildman–Crippen LogP) is 2.51. The predicted molar refractivity (Wildman–Crippen MR) is 92.8 cm³/mol. The van der Waals surface area contributed by atoms with Gasteiger partial charge >= 0.3 is 0 Å². The highest BCUT2D eigenvalue weighted by Gasteiger charge is 2.08. The lowest BCUT2D eigenvalue weighted by Crippen LogP contribution is -2.24. The molecule has 24 heavy (non-hydrogen) atoms. The van der Waals surface area contributed by atoms with Gasteiger partial charge in [0.2, 0.25) is 0 Å². The van der Waals surface area contributed by atoms with E-state index in [1.807, 2.05) is 37.3 Å². The van der Waals surface area contributed by atoms with Gasteiger partial charge in [-0.15, -0.1) is 0 Å². The highest BCUT2D eigenvalue weighted by molar-refractivity contribution is 5.95. The fraction of sp³-hybridized carbons (Fsp3) is 0.263. The second kappa shape index (κ2) is 8.84. The molecule has 0 heterocycles. The van der Waals surface area contributed by atoms with Gasteiger partial charge < -0.3 is 15.4 Å². The lowest BCUT2D eigenvalue weighted by atomic mass is 10.1. The lowest BCUT2D eigenvalue weighted by molar-refractivity contribution is 0.0946. The van der Waals surface area contributed by atoms with Crippen molar-refractivity contribution in [3.8, 4) is 0 Å². The third kappa shape index (κ3) is 4.93. The van der Waals surface area contributed by atoms with E-state index in [0.29, 0.717) is 30.8 Å². The van der Waals surface area contributed by atoms with Crippen LogP contribution >= 0.6 is 0 Å². The minimum Gasteiger partial charge on any atom is -0.380 e. The Morgan fingerprint density at radius 2 is 1.50 bits per heavy atom. The number of ether oxygens (including phenoxy) is 1. The SMILES string of the molecule is CCNC(=O)c1cccc(CNC(=O)c2cccc(COC)c2)c1. The topological polar surface area (TPSA) is 67.4 Å². The Morgan fingerprint density at radius 1 is 0.917 bits per heavy atom. The van der Waals surface area contributed by atoms with E-state index < -0.39 is 0 Å². The summed E-state index contributed by atoms with van der Waals surface area (Å²) in [6.45, 7) is 3.29. The number of benzene rings is 2. The van der Waals surface area contributed by atoms with Gasteiger partial charge in [-0.05, 0) is 42.3 Å². The molecule has 126 valence electrons. The average molecular weight is 326 g/mol. The summed E-state index contributed by atoms with van der Waals surface area (Å²) in [7, 11) is 1.62. The molecule has 2 amide bonds. The molecule has 2 N–H and O–H groups in total. The van der Waals surface area contributed by atoms with E-state index >= 15 is 0 Å². The van der Waals surface area contributed by atoms with E-state index in [2.05, 4.69) is 10.6 Å². The minimum absolute atomic E-state index is 0.113. The molecule has 2 aromatic carbocycles. The van der Waals surface area contributed by atoms with Gasteiger partial charge in [-0.2, -0.15) is 0 Å². The second-order valence-electron chi connectivity index (χ2n) is 5.38. The highest BCUT2D eigenvalue weighted by atomic mass is 16.5. The number of nitrogens with one attached hydrogen (secondary N) is 2. The molecule has 0 aliphatic heterocycles. The molecule has 0 aliphatic rings. The Balaban J connectivity index is 2.00. The second-order valence-corrected chi connectivity index (χ2v) is 5.38. The smallest absolute Gasteiger partial charge is 0.251 e. The zero-order valence-electron chi connectivity index (χ0n) is 14.0. The van der Waals surface area contributed by atoms with Crippen LogP contribution < -0.4 is 10.6 Å². The first-order chi connectivity index (χ1) is 11.6. The fourth-order valence-electron chi connectivity index (χ4n) is 2.34. The summed E-state index contributed by atoms with van der Waals surface area (Å²) in [5, 5.41) is 5.63. The Morgan fingerprint density at radius 3 is 2.12 bits per heavy atom. The normalized spacial score (nSPS) is 10.2. The molecule has 0 aliphatic carbocycles. The molecule has 0 radical (unpaired) electrons. The summed E-state index contributed by atoms with van der Waals surface area (Å²) in [6, 6.07) is 14.5. The molecular weight excluding hydrogens is 304 g/mol. The van der Waals surface area contributed by atoms with Crippen LogP contribution in [0, 0.1) is 0 Å². The van der Waals surface area contributed by atoms with E-state index in [-0.39, 0.29) is 11.8 Å². The van der Waals surface area contributed by atoms with Crippen molar-refractivity contribution in [3.05, 3.63) is 70.8 Å². The van der Waals surface area contributed by atoms with Gasteiger partial charge in [0, 0.05) is 31.3 Å². The lowest BCUT2D eigenvalue weighted by Gasteiger charge is -2.08. The summed E-state index contributed by atoms with van der Waals surface area (Å²) in [5.74, 6) is -0.269. The maximum atomic E-state index is 12.3. The van der Waals surface area contributed by atoms with Crippen LogP contribution in [0.4, 0.5) is 0 Å². The van der Waals surface area contributed by atoms with Crippen molar-refractivity contribution in [1.29, 1.82) is 0 Å². The molecule has 5 heteroatoms. The van der Waals surface area contributed by atoms with Crippen molar-refractivity contribution in [1.82, 2.24) is 10.6 Å². The van der Waals surface area contributed by atoms with Gasteiger partial charge in [0.1, 0.15) is 0 Å². The molecule has 2 aromatic rings. The van der Waals surface area contributed by atoms with Gasteiger partial charge in [0.15, 0.2) is 0 Å². The summed E-state index contributed by atoms with van der Waals surface area (Å²) >= 11 is 0. The van der Waals surface area contributed by atoms with Crippen LogP contribution in [-0.2, 0) is 17.9 Å². The number of carbonyl (C=O) groups excluding carboxylic acids is 2. The van der Waals surface area contributed by atoms with Crippen LogP contribution in [0.3, 0.4) is 0 Å². The molecule has 0 fully saturated rings. The van der Waals surface area contributed by atoms with Crippen molar-refractivity contribution >= 4 is 11.8 Å². The Labute approximate surface area is 142 Å². The summed E-state index contributed by atoms with van der Waals surface area (Å²) < 4.78 is 5.08.